The van der Waals surface area contributed by atoms with Gasteiger partial charge in [0, 0.05) is 25.5 Å². The fourth-order valence-electron chi connectivity index (χ4n) is 2.17. The molecule has 1 aliphatic heterocycles. The summed E-state index contributed by atoms with van der Waals surface area (Å²) in [6, 6.07) is 0.797. The molecule has 0 saturated carbocycles. The van der Waals surface area contributed by atoms with Gasteiger partial charge in [0.2, 0.25) is 0 Å². The van der Waals surface area contributed by atoms with Crippen LogP contribution in [0, 0.1) is 0 Å². The number of carbonyl (C=O) groups is 1. The van der Waals surface area contributed by atoms with Crippen LogP contribution in [0.5, 0.6) is 0 Å². The molecule has 0 amide bonds. The Labute approximate surface area is 111 Å². The fourth-order valence-corrected chi connectivity index (χ4v) is 3.58. The van der Waals surface area contributed by atoms with Crippen LogP contribution in [0.3, 0.4) is 0 Å². The highest BCUT2D eigenvalue weighted by Gasteiger charge is 2.36. The van der Waals surface area contributed by atoms with Gasteiger partial charge in [-0.2, -0.15) is 17.4 Å². The molecule has 2 rings (SSSR count). The lowest BCUT2D eigenvalue weighted by Gasteiger charge is -2.31. The summed E-state index contributed by atoms with van der Waals surface area (Å²) >= 11 is 0. The van der Waals surface area contributed by atoms with Crippen LogP contribution >= 0.6 is 0 Å². The van der Waals surface area contributed by atoms with E-state index in [9.17, 15) is 13.2 Å². The Kier molecular flexibility index (Phi) is 4.23. The molecule has 1 saturated heterocycles. The van der Waals surface area contributed by atoms with E-state index in [4.69, 9.17) is 5.11 Å². The van der Waals surface area contributed by atoms with Crippen LogP contribution in [0.2, 0.25) is 0 Å². The number of hydrogen-bond acceptors (Lipinski definition) is 3. The summed E-state index contributed by atoms with van der Waals surface area (Å²) in [4.78, 5) is 13.9. The van der Waals surface area contributed by atoms with Gasteiger partial charge in [0.05, 0.1) is 0 Å². The summed E-state index contributed by atoms with van der Waals surface area (Å²) in [5.74, 6) is -1.09. The SMILES string of the molecule is O=C(O)C1CCCCN1S(=O)(=O)NCc1cc[nH]c1. The first-order valence-electron chi connectivity index (χ1n) is 6.11. The molecule has 0 spiro atoms. The van der Waals surface area contributed by atoms with Crippen molar-refractivity contribution in [3.63, 3.8) is 0 Å². The summed E-state index contributed by atoms with van der Waals surface area (Å²) in [7, 11) is -3.76. The minimum absolute atomic E-state index is 0.147. The summed E-state index contributed by atoms with van der Waals surface area (Å²) < 4.78 is 27.8. The van der Waals surface area contributed by atoms with Crippen LogP contribution in [0.1, 0.15) is 24.8 Å². The standard InChI is InChI=1S/C11H17N3O4S/c15-11(16)10-3-1-2-6-14(10)19(17,18)13-8-9-4-5-12-7-9/h4-5,7,10,12-13H,1-3,6,8H2,(H,15,16). The van der Waals surface area contributed by atoms with E-state index in [2.05, 4.69) is 9.71 Å². The van der Waals surface area contributed by atoms with E-state index in [-0.39, 0.29) is 13.1 Å². The maximum Gasteiger partial charge on any atom is 0.322 e. The summed E-state index contributed by atoms with van der Waals surface area (Å²) in [5, 5.41) is 9.09. The number of nitrogens with one attached hydrogen (secondary N) is 2. The van der Waals surface area contributed by atoms with Gasteiger partial charge in [-0.3, -0.25) is 4.79 Å². The number of H-pyrrole nitrogens is 1. The van der Waals surface area contributed by atoms with Crippen molar-refractivity contribution in [2.75, 3.05) is 6.54 Å². The maximum absolute atomic E-state index is 12.1. The van der Waals surface area contributed by atoms with Crippen LogP contribution in [0.4, 0.5) is 0 Å². The Hall–Kier alpha value is -1.38. The number of carboxylic acids is 1. The number of rotatable bonds is 5. The number of piperidine rings is 1. The Bertz CT molecular complexity index is 526. The second-order valence-electron chi connectivity index (χ2n) is 4.51. The largest absolute Gasteiger partial charge is 0.480 e. The Morgan fingerprint density at radius 2 is 2.32 bits per heavy atom. The average Bonchev–Trinajstić information content (AvgIpc) is 2.89. The molecule has 106 valence electrons. The molecule has 7 nitrogen and oxygen atoms in total. The van der Waals surface area contributed by atoms with E-state index in [0.717, 1.165) is 16.3 Å². The van der Waals surface area contributed by atoms with Crippen molar-refractivity contribution in [3.8, 4) is 0 Å². The predicted molar refractivity (Wildman–Crippen MR) is 68.5 cm³/mol. The van der Waals surface area contributed by atoms with Gasteiger partial charge < -0.3 is 10.1 Å². The number of nitrogens with zero attached hydrogens (tertiary/aromatic N) is 1. The molecule has 1 unspecified atom stereocenters. The second-order valence-corrected chi connectivity index (χ2v) is 6.21. The molecular formula is C11H17N3O4S. The van der Waals surface area contributed by atoms with E-state index in [0.29, 0.717) is 12.8 Å². The molecule has 0 aromatic carbocycles. The van der Waals surface area contributed by atoms with Gasteiger partial charge in [0.25, 0.3) is 10.2 Å². The van der Waals surface area contributed by atoms with Crippen molar-refractivity contribution in [1.29, 1.82) is 0 Å². The summed E-state index contributed by atoms with van der Waals surface area (Å²) in [6.45, 7) is 0.397. The lowest BCUT2D eigenvalue weighted by molar-refractivity contribution is -0.142. The monoisotopic (exact) mass is 287 g/mol. The average molecular weight is 287 g/mol. The fraction of sp³-hybridized carbons (Fsp3) is 0.545. The van der Waals surface area contributed by atoms with Crippen LogP contribution in [0.25, 0.3) is 0 Å². The van der Waals surface area contributed by atoms with E-state index >= 15 is 0 Å². The van der Waals surface area contributed by atoms with Gasteiger partial charge in [0.1, 0.15) is 6.04 Å². The maximum atomic E-state index is 12.1. The van der Waals surface area contributed by atoms with Gasteiger partial charge in [-0.15, -0.1) is 0 Å². The van der Waals surface area contributed by atoms with Crippen molar-refractivity contribution in [3.05, 3.63) is 24.0 Å². The van der Waals surface area contributed by atoms with Gasteiger partial charge >= 0.3 is 5.97 Å². The topological polar surface area (TPSA) is 102 Å². The molecule has 1 aliphatic rings. The highest BCUT2D eigenvalue weighted by molar-refractivity contribution is 7.87. The van der Waals surface area contributed by atoms with Gasteiger partial charge in [0.15, 0.2) is 0 Å². The molecule has 2 heterocycles. The molecule has 1 aromatic heterocycles. The highest BCUT2D eigenvalue weighted by Crippen LogP contribution is 2.20. The first-order valence-corrected chi connectivity index (χ1v) is 7.55. The molecule has 19 heavy (non-hydrogen) atoms. The van der Waals surface area contributed by atoms with Gasteiger partial charge in [-0.1, -0.05) is 0 Å². The lowest BCUT2D eigenvalue weighted by atomic mass is 10.1. The molecular weight excluding hydrogens is 270 g/mol. The van der Waals surface area contributed by atoms with Crippen LogP contribution in [0.15, 0.2) is 18.5 Å². The van der Waals surface area contributed by atoms with Crippen LogP contribution in [-0.4, -0.2) is 41.4 Å². The van der Waals surface area contributed by atoms with Crippen molar-refractivity contribution < 1.29 is 18.3 Å². The molecule has 1 aromatic rings. The Balaban J connectivity index is 2.06. The van der Waals surface area contributed by atoms with Crippen molar-refractivity contribution in [2.45, 2.75) is 31.8 Å². The number of aromatic amines is 1. The molecule has 1 fully saturated rings. The summed E-state index contributed by atoms with van der Waals surface area (Å²) in [5.41, 5.74) is 0.799. The van der Waals surface area contributed by atoms with E-state index < -0.39 is 22.2 Å². The number of aliphatic carboxylic acids is 1. The summed E-state index contributed by atoms with van der Waals surface area (Å²) in [6.07, 6.45) is 5.17. The zero-order valence-electron chi connectivity index (χ0n) is 10.4. The van der Waals surface area contributed by atoms with Crippen molar-refractivity contribution >= 4 is 16.2 Å². The van der Waals surface area contributed by atoms with Crippen molar-refractivity contribution in [1.82, 2.24) is 14.0 Å². The molecule has 0 aliphatic carbocycles. The van der Waals surface area contributed by atoms with E-state index in [1.54, 1.807) is 18.5 Å². The highest BCUT2D eigenvalue weighted by atomic mass is 32.2. The predicted octanol–water partition coefficient (Wildman–Crippen LogP) is 0.288. The molecule has 3 N–H and O–H groups in total. The Morgan fingerprint density at radius 1 is 1.53 bits per heavy atom. The third-order valence-electron chi connectivity index (χ3n) is 3.17. The molecule has 8 heteroatoms. The third kappa shape index (κ3) is 3.34. The van der Waals surface area contributed by atoms with Gasteiger partial charge in [-0.05, 0) is 30.9 Å². The zero-order chi connectivity index (χ0) is 13.9. The third-order valence-corrected chi connectivity index (χ3v) is 4.73. The lowest BCUT2D eigenvalue weighted by Crippen LogP contribution is -2.51. The Morgan fingerprint density at radius 3 is 2.95 bits per heavy atom. The molecule has 0 bridgehead atoms. The molecule has 1 atom stereocenters. The quantitative estimate of drug-likeness (QED) is 0.724. The number of carboxylic acid groups (broad SMARTS) is 1. The van der Waals surface area contributed by atoms with E-state index in [1.165, 1.54) is 0 Å². The van der Waals surface area contributed by atoms with Crippen molar-refractivity contribution in [2.24, 2.45) is 0 Å². The minimum atomic E-state index is -3.76. The first-order chi connectivity index (χ1) is 9.00. The number of aromatic nitrogens is 1. The van der Waals surface area contributed by atoms with Gasteiger partial charge in [-0.25, -0.2) is 0 Å². The first kappa shape index (κ1) is 14.0. The number of hydrogen-bond donors (Lipinski definition) is 3. The minimum Gasteiger partial charge on any atom is -0.480 e. The normalized spacial score (nSPS) is 21.4. The second kappa shape index (κ2) is 5.72. The smallest absolute Gasteiger partial charge is 0.322 e. The van der Waals surface area contributed by atoms with Crippen LogP contribution < -0.4 is 4.72 Å². The zero-order valence-corrected chi connectivity index (χ0v) is 11.2. The van der Waals surface area contributed by atoms with Crippen LogP contribution in [-0.2, 0) is 21.5 Å². The van der Waals surface area contributed by atoms with E-state index in [1.807, 2.05) is 0 Å². The molecule has 0 radical (unpaired) electrons.